The molecule has 2 rings (SSSR count). The van der Waals surface area contributed by atoms with Crippen molar-refractivity contribution in [3.05, 3.63) is 58.9 Å². The highest BCUT2D eigenvalue weighted by atomic mass is 19.1. The molecule has 0 aliphatic carbocycles. The third-order valence-corrected chi connectivity index (χ3v) is 3.22. The van der Waals surface area contributed by atoms with Crippen molar-refractivity contribution in [1.29, 1.82) is 0 Å². The van der Waals surface area contributed by atoms with Crippen molar-refractivity contribution in [2.75, 3.05) is 0 Å². The van der Waals surface area contributed by atoms with Gasteiger partial charge in [-0.25, -0.2) is 8.78 Å². The molecule has 0 atom stereocenters. The highest BCUT2D eigenvalue weighted by molar-refractivity contribution is 5.70. The van der Waals surface area contributed by atoms with Gasteiger partial charge in [0.25, 0.3) is 0 Å². The molecule has 0 saturated heterocycles. The predicted molar refractivity (Wildman–Crippen MR) is 75.4 cm³/mol. The molecule has 19 heavy (non-hydrogen) atoms. The second-order valence-electron chi connectivity index (χ2n) is 5.51. The SMILES string of the molecule is Cc1ccc(-c2c(F)cc(C)cc2C(C)(C)F)cc1. The van der Waals surface area contributed by atoms with Gasteiger partial charge in [-0.15, -0.1) is 0 Å². The van der Waals surface area contributed by atoms with Crippen molar-refractivity contribution in [3.63, 3.8) is 0 Å². The molecule has 0 aliphatic heterocycles. The van der Waals surface area contributed by atoms with Gasteiger partial charge >= 0.3 is 0 Å². The van der Waals surface area contributed by atoms with E-state index in [1.54, 1.807) is 13.0 Å². The molecule has 0 fully saturated rings. The van der Waals surface area contributed by atoms with Gasteiger partial charge in [0.15, 0.2) is 0 Å². The monoisotopic (exact) mass is 260 g/mol. The fourth-order valence-corrected chi connectivity index (χ4v) is 2.22. The molecule has 0 bridgehead atoms. The van der Waals surface area contributed by atoms with E-state index in [9.17, 15) is 8.78 Å². The average Bonchev–Trinajstić information content (AvgIpc) is 2.28. The minimum atomic E-state index is -1.58. The Morgan fingerprint density at radius 3 is 2.00 bits per heavy atom. The summed E-state index contributed by atoms with van der Waals surface area (Å²) in [5, 5.41) is 0. The zero-order valence-electron chi connectivity index (χ0n) is 11.7. The maximum atomic E-state index is 14.3. The van der Waals surface area contributed by atoms with E-state index in [1.807, 2.05) is 31.2 Å². The van der Waals surface area contributed by atoms with Gasteiger partial charge in [-0.1, -0.05) is 35.9 Å². The first-order valence-corrected chi connectivity index (χ1v) is 6.35. The minimum Gasteiger partial charge on any atom is -0.239 e. The summed E-state index contributed by atoms with van der Waals surface area (Å²) in [6.07, 6.45) is 0. The maximum Gasteiger partial charge on any atom is 0.131 e. The zero-order chi connectivity index (χ0) is 14.2. The third-order valence-electron chi connectivity index (χ3n) is 3.22. The van der Waals surface area contributed by atoms with Gasteiger partial charge in [0, 0.05) is 5.56 Å². The topological polar surface area (TPSA) is 0 Å². The van der Waals surface area contributed by atoms with E-state index in [2.05, 4.69) is 0 Å². The molecule has 0 unspecified atom stereocenters. The zero-order valence-corrected chi connectivity index (χ0v) is 11.7. The van der Waals surface area contributed by atoms with Crippen molar-refractivity contribution in [1.82, 2.24) is 0 Å². The van der Waals surface area contributed by atoms with Gasteiger partial charge in [0.1, 0.15) is 11.5 Å². The summed E-state index contributed by atoms with van der Waals surface area (Å²) in [7, 11) is 0. The Morgan fingerprint density at radius 1 is 0.895 bits per heavy atom. The lowest BCUT2D eigenvalue weighted by Crippen LogP contribution is -2.12. The summed E-state index contributed by atoms with van der Waals surface area (Å²) in [6.45, 7) is 6.66. The van der Waals surface area contributed by atoms with Gasteiger partial charge in [0.05, 0.1) is 0 Å². The molecule has 0 aliphatic rings. The summed E-state index contributed by atoms with van der Waals surface area (Å²) in [6, 6.07) is 10.6. The summed E-state index contributed by atoms with van der Waals surface area (Å²) in [5.74, 6) is -0.371. The van der Waals surface area contributed by atoms with Crippen LogP contribution in [0.3, 0.4) is 0 Å². The first-order valence-electron chi connectivity index (χ1n) is 6.35. The third kappa shape index (κ3) is 2.83. The van der Waals surface area contributed by atoms with Gasteiger partial charge in [0.2, 0.25) is 0 Å². The van der Waals surface area contributed by atoms with Crippen LogP contribution in [0, 0.1) is 19.7 Å². The minimum absolute atomic E-state index is 0.359. The summed E-state index contributed by atoms with van der Waals surface area (Å²) >= 11 is 0. The van der Waals surface area contributed by atoms with E-state index in [1.165, 1.54) is 19.9 Å². The first-order chi connectivity index (χ1) is 8.79. The number of alkyl halides is 1. The van der Waals surface area contributed by atoms with Crippen LogP contribution in [-0.4, -0.2) is 0 Å². The molecule has 0 radical (unpaired) electrons. The van der Waals surface area contributed by atoms with E-state index in [4.69, 9.17) is 0 Å². The molecule has 0 N–H and O–H groups in total. The van der Waals surface area contributed by atoms with Crippen LogP contribution in [0.15, 0.2) is 36.4 Å². The Kier molecular flexibility index (Phi) is 3.44. The smallest absolute Gasteiger partial charge is 0.131 e. The standard InChI is InChI=1S/C17H18F2/c1-11-5-7-13(8-6-11)16-14(17(3,4)19)9-12(2)10-15(16)18/h5-10H,1-4H3. The number of benzene rings is 2. The lowest BCUT2D eigenvalue weighted by Gasteiger charge is -2.21. The van der Waals surface area contributed by atoms with E-state index in [0.29, 0.717) is 16.7 Å². The molecule has 0 spiro atoms. The van der Waals surface area contributed by atoms with Crippen LogP contribution >= 0.6 is 0 Å². The Bertz CT molecular complexity index is 590. The van der Waals surface area contributed by atoms with Crippen molar-refractivity contribution in [2.24, 2.45) is 0 Å². The molecule has 0 saturated carbocycles. The number of halogens is 2. The first kappa shape index (κ1) is 13.7. The van der Waals surface area contributed by atoms with Gasteiger partial charge in [-0.2, -0.15) is 0 Å². The van der Waals surface area contributed by atoms with E-state index >= 15 is 0 Å². The predicted octanol–water partition coefficient (Wildman–Crippen LogP) is 5.31. The van der Waals surface area contributed by atoms with E-state index < -0.39 is 5.67 Å². The van der Waals surface area contributed by atoms with Crippen molar-refractivity contribution < 1.29 is 8.78 Å². The summed E-state index contributed by atoms with van der Waals surface area (Å²) in [5.41, 5.74) is 1.72. The van der Waals surface area contributed by atoms with Crippen molar-refractivity contribution in [3.8, 4) is 11.1 Å². The molecule has 2 heteroatoms. The van der Waals surface area contributed by atoms with Crippen LogP contribution in [0.5, 0.6) is 0 Å². The molecule has 0 amide bonds. The van der Waals surface area contributed by atoms with Gasteiger partial charge in [-0.05, 0) is 50.5 Å². The van der Waals surface area contributed by atoms with Crippen molar-refractivity contribution in [2.45, 2.75) is 33.4 Å². The summed E-state index contributed by atoms with van der Waals surface area (Å²) in [4.78, 5) is 0. The largest absolute Gasteiger partial charge is 0.239 e. The van der Waals surface area contributed by atoms with E-state index in [-0.39, 0.29) is 5.82 Å². The molecule has 0 heterocycles. The second-order valence-corrected chi connectivity index (χ2v) is 5.51. The van der Waals surface area contributed by atoms with Crippen LogP contribution in [0.2, 0.25) is 0 Å². The molecule has 2 aromatic carbocycles. The van der Waals surface area contributed by atoms with Crippen LogP contribution in [0.1, 0.15) is 30.5 Å². The number of rotatable bonds is 2. The maximum absolute atomic E-state index is 14.3. The fourth-order valence-electron chi connectivity index (χ4n) is 2.22. The molecule has 2 aromatic rings. The normalized spacial score (nSPS) is 11.7. The molecule has 100 valence electrons. The van der Waals surface area contributed by atoms with Crippen molar-refractivity contribution >= 4 is 0 Å². The van der Waals surface area contributed by atoms with Crippen LogP contribution in [0.4, 0.5) is 8.78 Å². The molecule has 0 aromatic heterocycles. The Balaban J connectivity index is 2.71. The molecule has 0 nitrogen and oxygen atoms in total. The van der Waals surface area contributed by atoms with Gasteiger partial charge in [-0.3, -0.25) is 0 Å². The Morgan fingerprint density at radius 2 is 1.47 bits per heavy atom. The quantitative estimate of drug-likeness (QED) is 0.686. The number of hydrogen-bond donors (Lipinski definition) is 0. The van der Waals surface area contributed by atoms with E-state index in [0.717, 1.165) is 11.1 Å². The summed E-state index contributed by atoms with van der Waals surface area (Å²) < 4.78 is 28.6. The molecular formula is C17H18F2. The van der Waals surface area contributed by atoms with Crippen LogP contribution in [-0.2, 0) is 5.67 Å². The lowest BCUT2D eigenvalue weighted by atomic mass is 9.88. The number of aryl methyl sites for hydroxylation is 2. The highest BCUT2D eigenvalue weighted by Crippen LogP contribution is 2.36. The Hall–Kier alpha value is -1.70. The highest BCUT2D eigenvalue weighted by Gasteiger charge is 2.25. The van der Waals surface area contributed by atoms with Gasteiger partial charge < -0.3 is 0 Å². The Labute approximate surface area is 113 Å². The number of hydrogen-bond acceptors (Lipinski definition) is 0. The molecular weight excluding hydrogens is 242 g/mol. The lowest BCUT2D eigenvalue weighted by molar-refractivity contribution is 0.221. The fraction of sp³-hybridized carbons (Fsp3) is 0.294. The van der Waals surface area contributed by atoms with Crippen LogP contribution in [0.25, 0.3) is 11.1 Å². The average molecular weight is 260 g/mol. The van der Waals surface area contributed by atoms with Crippen LogP contribution < -0.4 is 0 Å². The second kappa shape index (κ2) is 4.76.